The number of carbonyl (C=O) groups excluding carboxylic acids is 1. The van der Waals surface area contributed by atoms with E-state index in [2.05, 4.69) is 32.5 Å². The summed E-state index contributed by atoms with van der Waals surface area (Å²) in [5, 5.41) is 7.68. The van der Waals surface area contributed by atoms with Crippen molar-refractivity contribution in [2.75, 3.05) is 20.6 Å². The monoisotopic (exact) mass is 412 g/mol. The van der Waals surface area contributed by atoms with Crippen LogP contribution in [0.4, 0.5) is 0 Å². The lowest BCUT2D eigenvalue weighted by Gasteiger charge is -2.25. The fourth-order valence-electron chi connectivity index (χ4n) is 3.05. The molecule has 1 N–H and O–H groups in total. The molecule has 29 heavy (non-hydrogen) atoms. The summed E-state index contributed by atoms with van der Waals surface area (Å²) in [6.07, 6.45) is 1.61. The van der Waals surface area contributed by atoms with E-state index < -0.39 is 0 Å². The first-order valence-electron chi connectivity index (χ1n) is 9.59. The Morgan fingerprint density at radius 2 is 1.86 bits per heavy atom. The lowest BCUT2D eigenvalue weighted by Crippen LogP contribution is -2.34. The molecule has 1 heterocycles. The molecule has 2 aromatic carbocycles. The summed E-state index contributed by atoms with van der Waals surface area (Å²) in [5.74, 6) is 1.07. The number of aromatic nitrogens is 2. The quantitative estimate of drug-likeness (QED) is 0.572. The summed E-state index contributed by atoms with van der Waals surface area (Å²) < 4.78 is 5.29. The predicted molar refractivity (Wildman–Crippen MR) is 114 cm³/mol. The van der Waals surface area contributed by atoms with Crippen molar-refractivity contribution in [2.24, 2.45) is 0 Å². The second-order valence-electron chi connectivity index (χ2n) is 7.07. The Kier molecular flexibility index (Phi) is 7.38. The summed E-state index contributed by atoms with van der Waals surface area (Å²) in [6, 6.07) is 17.6. The molecule has 0 fully saturated rings. The molecule has 1 atom stereocenters. The predicted octanol–water partition coefficient (Wildman–Crippen LogP) is 4.13. The molecule has 0 saturated heterocycles. The maximum absolute atomic E-state index is 12.2. The van der Waals surface area contributed by atoms with Crippen LogP contribution in [0.2, 0.25) is 5.02 Å². The zero-order valence-electron chi connectivity index (χ0n) is 16.6. The number of amides is 1. The molecule has 0 aliphatic rings. The van der Waals surface area contributed by atoms with Crippen LogP contribution in [0.25, 0.3) is 11.4 Å². The minimum Gasteiger partial charge on any atom is -0.354 e. The van der Waals surface area contributed by atoms with Gasteiger partial charge in [0.2, 0.25) is 17.6 Å². The summed E-state index contributed by atoms with van der Waals surface area (Å²) in [6.45, 7) is 0.567. The molecule has 7 heteroatoms. The lowest BCUT2D eigenvalue weighted by atomic mass is 10.1. The summed E-state index contributed by atoms with van der Waals surface area (Å²) in [5.41, 5.74) is 2.02. The molecule has 0 aliphatic heterocycles. The van der Waals surface area contributed by atoms with E-state index in [0.29, 0.717) is 42.5 Å². The van der Waals surface area contributed by atoms with E-state index >= 15 is 0 Å². The number of rotatable bonds is 9. The van der Waals surface area contributed by atoms with Gasteiger partial charge in [-0.3, -0.25) is 4.79 Å². The number of halogens is 1. The maximum atomic E-state index is 12.2. The van der Waals surface area contributed by atoms with Crippen LogP contribution in [0.5, 0.6) is 0 Å². The van der Waals surface area contributed by atoms with Crippen molar-refractivity contribution in [3.05, 3.63) is 71.1 Å². The molecular formula is C22H25ClN4O2. The molecule has 6 nitrogen and oxygen atoms in total. The summed E-state index contributed by atoms with van der Waals surface area (Å²) in [7, 11) is 4.02. The van der Waals surface area contributed by atoms with Gasteiger partial charge in [-0.1, -0.05) is 47.1 Å². The van der Waals surface area contributed by atoms with Crippen molar-refractivity contribution in [1.29, 1.82) is 0 Å². The third-order valence-corrected chi connectivity index (χ3v) is 4.92. The van der Waals surface area contributed by atoms with Crippen LogP contribution in [0.1, 0.15) is 30.3 Å². The Bertz CT molecular complexity index is 910. The van der Waals surface area contributed by atoms with Gasteiger partial charge in [0.25, 0.3) is 0 Å². The highest BCUT2D eigenvalue weighted by Gasteiger charge is 2.15. The van der Waals surface area contributed by atoms with Gasteiger partial charge in [0, 0.05) is 30.0 Å². The van der Waals surface area contributed by atoms with Gasteiger partial charge in [-0.25, -0.2) is 0 Å². The number of benzene rings is 2. The number of nitrogens with one attached hydrogen (secondary N) is 1. The van der Waals surface area contributed by atoms with Crippen molar-refractivity contribution >= 4 is 17.5 Å². The van der Waals surface area contributed by atoms with Crippen LogP contribution >= 0.6 is 11.6 Å². The lowest BCUT2D eigenvalue weighted by molar-refractivity contribution is -0.121. The fraction of sp³-hybridized carbons (Fsp3) is 0.318. The highest BCUT2D eigenvalue weighted by molar-refractivity contribution is 6.30. The minimum absolute atomic E-state index is 0.0187. The maximum Gasteiger partial charge on any atom is 0.226 e. The van der Waals surface area contributed by atoms with E-state index in [9.17, 15) is 4.79 Å². The van der Waals surface area contributed by atoms with Crippen LogP contribution in [-0.4, -0.2) is 41.6 Å². The van der Waals surface area contributed by atoms with Crippen molar-refractivity contribution < 1.29 is 9.32 Å². The van der Waals surface area contributed by atoms with E-state index in [-0.39, 0.29) is 11.9 Å². The third-order valence-electron chi connectivity index (χ3n) is 4.67. The van der Waals surface area contributed by atoms with Gasteiger partial charge in [-0.2, -0.15) is 4.98 Å². The molecule has 3 rings (SSSR count). The van der Waals surface area contributed by atoms with E-state index in [4.69, 9.17) is 16.1 Å². The standard InChI is InChI=1S/C22H25ClN4O2/c1-27(2)19(16-7-4-3-5-8-16)15-24-20(28)9-6-10-21-25-22(26-29-21)17-11-13-18(23)14-12-17/h3-5,7-8,11-14,19H,6,9-10,15H2,1-2H3,(H,24,28). The molecule has 152 valence electrons. The Morgan fingerprint density at radius 1 is 1.14 bits per heavy atom. The molecule has 0 spiro atoms. The number of hydrogen-bond acceptors (Lipinski definition) is 5. The average Bonchev–Trinajstić information content (AvgIpc) is 3.18. The number of aryl methyl sites for hydroxylation is 1. The average molecular weight is 413 g/mol. The van der Waals surface area contributed by atoms with Gasteiger partial charge >= 0.3 is 0 Å². The minimum atomic E-state index is 0.0187. The topological polar surface area (TPSA) is 71.3 Å². The van der Waals surface area contributed by atoms with Crippen LogP contribution in [0.15, 0.2) is 59.1 Å². The normalized spacial score (nSPS) is 12.1. The molecule has 0 bridgehead atoms. The van der Waals surface area contributed by atoms with Crippen molar-refractivity contribution in [3.8, 4) is 11.4 Å². The number of likely N-dealkylation sites (N-methyl/N-ethyl adjacent to an activating group) is 1. The Labute approximate surface area is 175 Å². The molecule has 1 amide bonds. The van der Waals surface area contributed by atoms with Crippen molar-refractivity contribution in [1.82, 2.24) is 20.4 Å². The molecule has 1 unspecified atom stereocenters. The molecule has 0 aliphatic carbocycles. The fourth-order valence-corrected chi connectivity index (χ4v) is 3.17. The summed E-state index contributed by atoms with van der Waals surface area (Å²) >= 11 is 5.89. The summed E-state index contributed by atoms with van der Waals surface area (Å²) in [4.78, 5) is 18.7. The Hall–Kier alpha value is -2.70. The number of carbonyl (C=O) groups is 1. The largest absolute Gasteiger partial charge is 0.354 e. The molecule has 1 aromatic heterocycles. The van der Waals surface area contributed by atoms with Gasteiger partial charge in [-0.05, 0) is 50.3 Å². The van der Waals surface area contributed by atoms with E-state index in [0.717, 1.165) is 5.56 Å². The van der Waals surface area contributed by atoms with Gasteiger partial charge in [0.1, 0.15) is 0 Å². The zero-order valence-corrected chi connectivity index (χ0v) is 17.4. The van der Waals surface area contributed by atoms with Crippen LogP contribution in [0.3, 0.4) is 0 Å². The Morgan fingerprint density at radius 3 is 2.55 bits per heavy atom. The first kappa shape index (κ1) is 21.0. The third kappa shape index (κ3) is 6.14. The van der Waals surface area contributed by atoms with E-state index in [1.165, 1.54) is 5.56 Å². The Balaban J connectivity index is 1.44. The van der Waals surface area contributed by atoms with E-state index in [1.54, 1.807) is 12.1 Å². The molecule has 0 radical (unpaired) electrons. The van der Waals surface area contributed by atoms with Crippen molar-refractivity contribution in [2.45, 2.75) is 25.3 Å². The smallest absolute Gasteiger partial charge is 0.226 e. The second kappa shape index (κ2) is 10.2. The molecule has 3 aromatic rings. The number of nitrogens with zero attached hydrogens (tertiary/aromatic N) is 3. The van der Waals surface area contributed by atoms with Gasteiger partial charge in [0.15, 0.2) is 0 Å². The van der Waals surface area contributed by atoms with Gasteiger partial charge in [-0.15, -0.1) is 0 Å². The van der Waals surface area contributed by atoms with Gasteiger partial charge in [0.05, 0.1) is 6.04 Å². The highest BCUT2D eigenvalue weighted by atomic mass is 35.5. The molecular weight excluding hydrogens is 388 g/mol. The molecule has 0 saturated carbocycles. The first-order chi connectivity index (χ1) is 14.0. The second-order valence-corrected chi connectivity index (χ2v) is 7.50. The van der Waals surface area contributed by atoms with Crippen LogP contribution in [-0.2, 0) is 11.2 Å². The first-order valence-corrected chi connectivity index (χ1v) is 9.97. The number of hydrogen-bond donors (Lipinski definition) is 1. The van der Waals surface area contributed by atoms with Gasteiger partial charge < -0.3 is 14.7 Å². The zero-order chi connectivity index (χ0) is 20.6. The van der Waals surface area contributed by atoms with Crippen LogP contribution in [0, 0.1) is 0 Å². The highest BCUT2D eigenvalue weighted by Crippen LogP contribution is 2.19. The van der Waals surface area contributed by atoms with Crippen molar-refractivity contribution in [3.63, 3.8) is 0 Å². The van der Waals surface area contributed by atoms with Crippen LogP contribution < -0.4 is 5.32 Å². The SMILES string of the molecule is CN(C)C(CNC(=O)CCCc1nc(-c2ccc(Cl)cc2)no1)c1ccccc1. The van der Waals surface area contributed by atoms with E-state index in [1.807, 2.05) is 44.4 Å².